The fourth-order valence-electron chi connectivity index (χ4n) is 0.541. The van der Waals surface area contributed by atoms with Gasteiger partial charge >= 0.3 is 5.97 Å². The zero-order chi connectivity index (χ0) is 7.56. The standard InChI is InChI=1S/C5H6N2O3/c1-3-6-4(10-7-3)2-5(8)9/h2H2,1H3,(H,8,9). The Morgan fingerprint density at radius 2 is 2.50 bits per heavy atom. The first-order valence-corrected chi connectivity index (χ1v) is 2.69. The van der Waals surface area contributed by atoms with E-state index in [0.717, 1.165) is 0 Å². The molecule has 1 aromatic heterocycles. The van der Waals surface area contributed by atoms with Crippen LogP contribution in [0.3, 0.4) is 0 Å². The lowest BCUT2D eigenvalue weighted by Crippen LogP contribution is -1.99. The van der Waals surface area contributed by atoms with Gasteiger partial charge in [0.15, 0.2) is 5.82 Å². The summed E-state index contributed by atoms with van der Waals surface area (Å²) in [6.45, 7) is 1.63. The summed E-state index contributed by atoms with van der Waals surface area (Å²) in [7, 11) is 0. The molecule has 0 radical (unpaired) electrons. The molecular formula is C5H6N2O3. The maximum atomic E-state index is 10.1. The van der Waals surface area contributed by atoms with Crippen molar-refractivity contribution in [3.63, 3.8) is 0 Å². The van der Waals surface area contributed by atoms with Crippen LogP contribution in [0.5, 0.6) is 0 Å². The average molecular weight is 142 g/mol. The second-order valence-corrected chi connectivity index (χ2v) is 1.81. The third-order valence-electron chi connectivity index (χ3n) is 0.872. The number of carboxylic acids is 1. The molecule has 1 aromatic rings. The van der Waals surface area contributed by atoms with Crippen molar-refractivity contribution in [3.8, 4) is 0 Å². The summed E-state index contributed by atoms with van der Waals surface area (Å²) < 4.78 is 4.53. The van der Waals surface area contributed by atoms with E-state index in [1.807, 2.05) is 0 Å². The molecule has 0 aliphatic rings. The molecule has 0 aliphatic heterocycles. The first-order chi connectivity index (χ1) is 4.68. The number of aromatic nitrogens is 2. The molecule has 5 heteroatoms. The van der Waals surface area contributed by atoms with E-state index < -0.39 is 5.97 Å². The second-order valence-electron chi connectivity index (χ2n) is 1.81. The van der Waals surface area contributed by atoms with Crippen LogP contribution in [-0.4, -0.2) is 21.2 Å². The van der Waals surface area contributed by atoms with Gasteiger partial charge in [0, 0.05) is 0 Å². The second kappa shape index (κ2) is 2.47. The molecule has 0 amide bonds. The van der Waals surface area contributed by atoms with Crippen molar-refractivity contribution in [1.82, 2.24) is 10.1 Å². The minimum atomic E-state index is -0.969. The Labute approximate surface area is 56.7 Å². The van der Waals surface area contributed by atoms with Crippen molar-refractivity contribution in [3.05, 3.63) is 11.7 Å². The summed E-state index contributed by atoms with van der Waals surface area (Å²) in [6.07, 6.45) is -0.208. The van der Waals surface area contributed by atoms with E-state index in [0.29, 0.717) is 5.82 Å². The number of carboxylic acid groups (broad SMARTS) is 1. The summed E-state index contributed by atoms with van der Waals surface area (Å²) >= 11 is 0. The van der Waals surface area contributed by atoms with E-state index in [1.54, 1.807) is 6.92 Å². The molecule has 0 aliphatic carbocycles. The van der Waals surface area contributed by atoms with E-state index in [4.69, 9.17) is 5.11 Å². The van der Waals surface area contributed by atoms with Gasteiger partial charge in [-0.25, -0.2) is 0 Å². The Morgan fingerprint density at radius 1 is 1.80 bits per heavy atom. The minimum Gasteiger partial charge on any atom is -0.481 e. The predicted molar refractivity (Wildman–Crippen MR) is 30.4 cm³/mol. The molecule has 0 bridgehead atoms. The van der Waals surface area contributed by atoms with Gasteiger partial charge in [-0.2, -0.15) is 4.98 Å². The smallest absolute Gasteiger partial charge is 0.312 e. The Bertz CT molecular complexity index is 243. The molecule has 0 aromatic carbocycles. The molecule has 0 spiro atoms. The van der Waals surface area contributed by atoms with E-state index in [9.17, 15) is 4.79 Å². The molecule has 0 atom stereocenters. The molecule has 54 valence electrons. The zero-order valence-corrected chi connectivity index (χ0v) is 5.37. The van der Waals surface area contributed by atoms with Crippen molar-refractivity contribution in [1.29, 1.82) is 0 Å². The van der Waals surface area contributed by atoms with Crippen LogP contribution in [0.15, 0.2) is 4.52 Å². The van der Waals surface area contributed by atoms with Gasteiger partial charge in [0.05, 0.1) is 0 Å². The van der Waals surface area contributed by atoms with Gasteiger partial charge in [-0.05, 0) is 6.92 Å². The summed E-state index contributed by atoms with van der Waals surface area (Å²) in [5, 5.41) is 11.7. The number of aryl methyl sites for hydroxylation is 1. The van der Waals surface area contributed by atoms with Crippen LogP contribution in [0.4, 0.5) is 0 Å². The van der Waals surface area contributed by atoms with Crippen LogP contribution >= 0.6 is 0 Å². The molecule has 0 unspecified atom stereocenters. The molecule has 1 rings (SSSR count). The largest absolute Gasteiger partial charge is 0.481 e. The van der Waals surface area contributed by atoms with Gasteiger partial charge in [0.2, 0.25) is 5.89 Å². The molecule has 0 saturated heterocycles. The Hall–Kier alpha value is -1.39. The number of nitrogens with zero attached hydrogens (tertiary/aromatic N) is 2. The SMILES string of the molecule is Cc1noc(CC(=O)O)n1. The van der Waals surface area contributed by atoms with Crippen LogP contribution in [0.25, 0.3) is 0 Å². The lowest BCUT2D eigenvalue weighted by molar-refractivity contribution is -0.136. The highest BCUT2D eigenvalue weighted by molar-refractivity contribution is 5.68. The summed E-state index contributed by atoms with van der Waals surface area (Å²) in [5.41, 5.74) is 0. The number of aliphatic carboxylic acids is 1. The molecule has 1 N–H and O–H groups in total. The molecule has 10 heavy (non-hydrogen) atoms. The molecule has 1 heterocycles. The van der Waals surface area contributed by atoms with Crippen LogP contribution < -0.4 is 0 Å². The maximum Gasteiger partial charge on any atom is 0.312 e. The fraction of sp³-hybridized carbons (Fsp3) is 0.400. The lowest BCUT2D eigenvalue weighted by atomic mass is 10.4. The summed E-state index contributed by atoms with van der Waals surface area (Å²) in [5.74, 6) is -0.370. The van der Waals surface area contributed by atoms with Crippen molar-refractivity contribution >= 4 is 5.97 Å². The third-order valence-corrected chi connectivity index (χ3v) is 0.872. The molecule has 5 nitrogen and oxygen atoms in total. The van der Waals surface area contributed by atoms with E-state index in [-0.39, 0.29) is 12.3 Å². The van der Waals surface area contributed by atoms with Gasteiger partial charge in [-0.3, -0.25) is 4.79 Å². The monoisotopic (exact) mass is 142 g/mol. The van der Waals surface area contributed by atoms with Crippen molar-refractivity contribution in [2.24, 2.45) is 0 Å². The van der Waals surface area contributed by atoms with Crippen molar-refractivity contribution in [2.45, 2.75) is 13.3 Å². The van der Waals surface area contributed by atoms with E-state index in [1.165, 1.54) is 0 Å². The first-order valence-electron chi connectivity index (χ1n) is 2.69. The fourth-order valence-corrected chi connectivity index (χ4v) is 0.541. The average Bonchev–Trinajstić information content (AvgIpc) is 2.13. The summed E-state index contributed by atoms with van der Waals surface area (Å²) in [6, 6.07) is 0. The number of carbonyl (C=O) groups is 1. The van der Waals surface area contributed by atoms with Gasteiger partial charge < -0.3 is 9.63 Å². The normalized spacial score (nSPS) is 9.70. The predicted octanol–water partition coefficient (Wildman–Crippen LogP) is 0.00512. The molecular weight excluding hydrogens is 136 g/mol. The number of hydrogen-bond acceptors (Lipinski definition) is 4. The molecule has 0 fully saturated rings. The van der Waals surface area contributed by atoms with Crippen LogP contribution in [0.1, 0.15) is 11.7 Å². The highest BCUT2D eigenvalue weighted by Gasteiger charge is 2.06. The van der Waals surface area contributed by atoms with Crippen LogP contribution in [0, 0.1) is 6.92 Å². The Kier molecular flexibility index (Phi) is 1.66. The third kappa shape index (κ3) is 1.54. The van der Waals surface area contributed by atoms with Gasteiger partial charge in [0.1, 0.15) is 6.42 Å². The lowest BCUT2D eigenvalue weighted by Gasteiger charge is -1.81. The van der Waals surface area contributed by atoms with E-state index in [2.05, 4.69) is 14.7 Å². The Balaban J connectivity index is 2.67. The highest BCUT2D eigenvalue weighted by atomic mass is 16.5. The van der Waals surface area contributed by atoms with Gasteiger partial charge in [-0.1, -0.05) is 5.16 Å². The molecule has 0 saturated carbocycles. The van der Waals surface area contributed by atoms with E-state index >= 15 is 0 Å². The quantitative estimate of drug-likeness (QED) is 0.629. The Morgan fingerprint density at radius 3 is 2.90 bits per heavy atom. The minimum absolute atomic E-state index is 0.144. The summed E-state index contributed by atoms with van der Waals surface area (Å²) in [4.78, 5) is 13.7. The van der Waals surface area contributed by atoms with Crippen molar-refractivity contribution < 1.29 is 14.4 Å². The topological polar surface area (TPSA) is 76.2 Å². The van der Waals surface area contributed by atoms with Gasteiger partial charge in [0.25, 0.3) is 0 Å². The number of rotatable bonds is 2. The maximum absolute atomic E-state index is 10.1. The van der Waals surface area contributed by atoms with Crippen LogP contribution in [-0.2, 0) is 11.2 Å². The highest BCUT2D eigenvalue weighted by Crippen LogP contribution is 1.95. The first kappa shape index (κ1) is 6.73. The number of hydrogen-bond donors (Lipinski definition) is 1. The van der Waals surface area contributed by atoms with Crippen molar-refractivity contribution in [2.75, 3.05) is 0 Å². The van der Waals surface area contributed by atoms with Crippen LogP contribution in [0.2, 0.25) is 0 Å². The zero-order valence-electron chi connectivity index (χ0n) is 5.37. The van der Waals surface area contributed by atoms with Gasteiger partial charge in [-0.15, -0.1) is 0 Å².